The van der Waals surface area contributed by atoms with Crippen molar-refractivity contribution in [3.63, 3.8) is 0 Å². The van der Waals surface area contributed by atoms with Crippen molar-refractivity contribution < 1.29 is 9.53 Å². The molecule has 0 aromatic heterocycles. The molecular formula is C18H18Cl2N2O2. The van der Waals surface area contributed by atoms with Crippen molar-refractivity contribution in [1.82, 2.24) is 0 Å². The lowest BCUT2D eigenvalue weighted by Gasteiger charge is -2.17. The molecular weight excluding hydrogens is 347 g/mol. The number of amides is 1. The molecule has 0 spiro atoms. The maximum Gasteiger partial charge on any atom is 0.262 e. The standard InChI is InChI=1S/C18H18Cl2N2O2/c19-13-3-8-16(20)17(11-13)24-12-18(23)21-14-4-6-15(7-5-14)22-9-1-2-10-22/h3-8,11H,1-2,9-10,12H2,(H,21,23). The number of carbonyl (C=O) groups is 1. The van der Waals surface area contributed by atoms with E-state index < -0.39 is 0 Å². The first-order valence-corrected chi connectivity index (χ1v) is 8.60. The summed E-state index contributed by atoms with van der Waals surface area (Å²) >= 11 is 11.9. The van der Waals surface area contributed by atoms with E-state index in [1.807, 2.05) is 24.3 Å². The van der Waals surface area contributed by atoms with Crippen molar-refractivity contribution in [3.05, 3.63) is 52.5 Å². The molecule has 0 radical (unpaired) electrons. The van der Waals surface area contributed by atoms with Crippen LogP contribution < -0.4 is 15.0 Å². The Morgan fingerprint density at radius 2 is 1.79 bits per heavy atom. The van der Waals surface area contributed by atoms with Gasteiger partial charge in [0.1, 0.15) is 5.75 Å². The van der Waals surface area contributed by atoms with E-state index in [4.69, 9.17) is 27.9 Å². The molecule has 1 saturated heterocycles. The van der Waals surface area contributed by atoms with Gasteiger partial charge < -0.3 is 15.0 Å². The maximum atomic E-state index is 12.0. The Morgan fingerprint density at radius 1 is 1.08 bits per heavy atom. The van der Waals surface area contributed by atoms with Gasteiger partial charge in [0.15, 0.2) is 6.61 Å². The Hall–Kier alpha value is -1.91. The topological polar surface area (TPSA) is 41.6 Å². The smallest absolute Gasteiger partial charge is 0.262 e. The van der Waals surface area contributed by atoms with Crippen LogP contribution in [0.4, 0.5) is 11.4 Å². The predicted molar refractivity (Wildman–Crippen MR) is 98.5 cm³/mol. The molecule has 0 bridgehead atoms. The molecule has 3 rings (SSSR count). The van der Waals surface area contributed by atoms with Crippen LogP contribution in [0.15, 0.2) is 42.5 Å². The highest BCUT2D eigenvalue weighted by Gasteiger charge is 2.12. The van der Waals surface area contributed by atoms with Gasteiger partial charge in [0, 0.05) is 35.6 Å². The van der Waals surface area contributed by atoms with Gasteiger partial charge in [-0.3, -0.25) is 4.79 Å². The van der Waals surface area contributed by atoms with Crippen molar-refractivity contribution in [2.24, 2.45) is 0 Å². The van der Waals surface area contributed by atoms with Crippen molar-refractivity contribution in [1.29, 1.82) is 0 Å². The van der Waals surface area contributed by atoms with Crippen LogP contribution in [0.25, 0.3) is 0 Å². The second-order valence-electron chi connectivity index (χ2n) is 5.65. The molecule has 24 heavy (non-hydrogen) atoms. The van der Waals surface area contributed by atoms with Crippen molar-refractivity contribution >= 4 is 40.5 Å². The van der Waals surface area contributed by atoms with Crippen LogP contribution in [-0.4, -0.2) is 25.6 Å². The van der Waals surface area contributed by atoms with E-state index in [2.05, 4.69) is 10.2 Å². The minimum atomic E-state index is -0.250. The Morgan fingerprint density at radius 3 is 2.50 bits per heavy atom. The molecule has 4 nitrogen and oxygen atoms in total. The van der Waals surface area contributed by atoms with Gasteiger partial charge in [0.2, 0.25) is 0 Å². The van der Waals surface area contributed by atoms with E-state index in [-0.39, 0.29) is 12.5 Å². The van der Waals surface area contributed by atoms with Gasteiger partial charge >= 0.3 is 0 Å². The van der Waals surface area contributed by atoms with E-state index in [0.717, 1.165) is 18.8 Å². The number of hydrogen-bond donors (Lipinski definition) is 1. The highest BCUT2D eigenvalue weighted by molar-refractivity contribution is 6.34. The van der Waals surface area contributed by atoms with Crippen LogP contribution in [0.2, 0.25) is 10.0 Å². The van der Waals surface area contributed by atoms with E-state index in [1.54, 1.807) is 18.2 Å². The summed E-state index contributed by atoms with van der Waals surface area (Å²) in [5.74, 6) is 0.142. The highest BCUT2D eigenvalue weighted by Crippen LogP contribution is 2.27. The molecule has 1 aliphatic rings. The third kappa shape index (κ3) is 4.34. The molecule has 0 saturated carbocycles. The molecule has 1 heterocycles. The largest absolute Gasteiger partial charge is 0.482 e. The Bertz CT molecular complexity index is 713. The number of benzene rings is 2. The van der Waals surface area contributed by atoms with Gasteiger partial charge in [-0.05, 0) is 49.2 Å². The summed E-state index contributed by atoms with van der Waals surface area (Å²) in [5, 5.41) is 3.73. The number of nitrogens with one attached hydrogen (secondary N) is 1. The summed E-state index contributed by atoms with van der Waals surface area (Å²) in [5.41, 5.74) is 1.93. The zero-order valence-electron chi connectivity index (χ0n) is 13.1. The first-order chi connectivity index (χ1) is 11.6. The Balaban J connectivity index is 1.53. The van der Waals surface area contributed by atoms with E-state index in [9.17, 15) is 4.79 Å². The van der Waals surface area contributed by atoms with Crippen LogP contribution in [0.1, 0.15) is 12.8 Å². The lowest BCUT2D eigenvalue weighted by atomic mass is 10.2. The zero-order valence-corrected chi connectivity index (χ0v) is 14.6. The lowest BCUT2D eigenvalue weighted by Crippen LogP contribution is -2.20. The minimum Gasteiger partial charge on any atom is -0.482 e. The lowest BCUT2D eigenvalue weighted by molar-refractivity contribution is -0.118. The summed E-state index contributed by atoms with van der Waals surface area (Å²) in [4.78, 5) is 14.3. The molecule has 2 aromatic carbocycles. The van der Waals surface area contributed by atoms with Crippen molar-refractivity contribution in [2.75, 3.05) is 29.9 Å². The molecule has 0 atom stereocenters. The molecule has 0 unspecified atom stereocenters. The molecule has 2 aromatic rings. The predicted octanol–water partition coefficient (Wildman–Crippen LogP) is 4.61. The SMILES string of the molecule is O=C(COc1cc(Cl)ccc1Cl)Nc1ccc(N2CCCC2)cc1. The average molecular weight is 365 g/mol. The van der Waals surface area contributed by atoms with Gasteiger partial charge in [0.25, 0.3) is 5.91 Å². The highest BCUT2D eigenvalue weighted by atomic mass is 35.5. The second-order valence-corrected chi connectivity index (χ2v) is 6.50. The van der Waals surface area contributed by atoms with E-state index in [1.165, 1.54) is 18.5 Å². The average Bonchev–Trinajstić information content (AvgIpc) is 3.11. The van der Waals surface area contributed by atoms with Crippen LogP contribution >= 0.6 is 23.2 Å². The quantitative estimate of drug-likeness (QED) is 0.841. The van der Waals surface area contributed by atoms with E-state index >= 15 is 0 Å². The maximum absolute atomic E-state index is 12.0. The van der Waals surface area contributed by atoms with E-state index in [0.29, 0.717) is 15.8 Å². The zero-order chi connectivity index (χ0) is 16.9. The number of rotatable bonds is 5. The van der Waals surface area contributed by atoms with Gasteiger partial charge in [-0.15, -0.1) is 0 Å². The molecule has 126 valence electrons. The van der Waals surface area contributed by atoms with Crippen LogP contribution in [0.3, 0.4) is 0 Å². The summed E-state index contributed by atoms with van der Waals surface area (Å²) in [6.07, 6.45) is 2.48. The second kappa shape index (κ2) is 7.77. The van der Waals surface area contributed by atoms with Crippen LogP contribution in [0.5, 0.6) is 5.75 Å². The van der Waals surface area contributed by atoms with Gasteiger partial charge in [-0.25, -0.2) is 0 Å². The fraction of sp³-hybridized carbons (Fsp3) is 0.278. The Labute approximate surface area is 151 Å². The molecule has 1 aliphatic heterocycles. The van der Waals surface area contributed by atoms with Gasteiger partial charge in [-0.1, -0.05) is 23.2 Å². The van der Waals surface area contributed by atoms with Crippen LogP contribution in [0, 0.1) is 0 Å². The molecule has 1 N–H and O–H groups in total. The van der Waals surface area contributed by atoms with Crippen molar-refractivity contribution in [3.8, 4) is 5.75 Å². The van der Waals surface area contributed by atoms with Gasteiger partial charge in [0.05, 0.1) is 5.02 Å². The minimum absolute atomic E-state index is 0.131. The third-order valence-corrected chi connectivity index (χ3v) is 4.42. The monoisotopic (exact) mass is 364 g/mol. The van der Waals surface area contributed by atoms with Gasteiger partial charge in [-0.2, -0.15) is 0 Å². The number of ether oxygens (including phenoxy) is 1. The molecule has 6 heteroatoms. The first-order valence-electron chi connectivity index (χ1n) is 7.84. The molecule has 1 amide bonds. The summed E-state index contributed by atoms with van der Waals surface area (Å²) in [6, 6.07) is 12.7. The fourth-order valence-corrected chi connectivity index (χ4v) is 2.99. The summed E-state index contributed by atoms with van der Waals surface area (Å²) in [6.45, 7) is 2.06. The molecule has 1 fully saturated rings. The van der Waals surface area contributed by atoms with Crippen molar-refractivity contribution in [2.45, 2.75) is 12.8 Å². The normalized spacial score (nSPS) is 13.8. The number of hydrogen-bond acceptors (Lipinski definition) is 3. The number of nitrogens with zero attached hydrogens (tertiary/aromatic N) is 1. The number of anilines is 2. The summed E-state index contributed by atoms with van der Waals surface area (Å²) < 4.78 is 5.42. The summed E-state index contributed by atoms with van der Waals surface area (Å²) in [7, 11) is 0. The number of carbonyl (C=O) groups excluding carboxylic acids is 1. The first kappa shape index (κ1) is 16.9. The fourth-order valence-electron chi connectivity index (χ4n) is 2.66. The van der Waals surface area contributed by atoms with Crippen LogP contribution in [-0.2, 0) is 4.79 Å². The molecule has 0 aliphatic carbocycles. The Kier molecular flexibility index (Phi) is 5.48. The third-order valence-electron chi connectivity index (χ3n) is 3.87. The number of halogens is 2.